The summed E-state index contributed by atoms with van der Waals surface area (Å²) in [6.45, 7) is 0.693. The van der Waals surface area contributed by atoms with Gasteiger partial charge in [0.25, 0.3) is 11.6 Å². The number of fused-ring (bicyclic) bond motifs is 1. The molecule has 1 aliphatic rings. The Labute approximate surface area is 176 Å². The van der Waals surface area contributed by atoms with Crippen molar-refractivity contribution in [3.05, 3.63) is 64.3 Å². The Morgan fingerprint density at radius 2 is 2.10 bits per heavy atom. The number of nitro groups is 1. The fourth-order valence-corrected chi connectivity index (χ4v) is 3.49. The summed E-state index contributed by atoms with van der Waals surface area (Å²) >= 11 is 0. The van der Waals surface area contributed by atoms with Crippen molar-refractivity contribution < 1.29 is 19.2 Å². The predicted octanol–water partition coefficient (Wildman–Crippen LogP) is 3.19. The average Bonchev–Trinajstić information content (AvgIpc) is 3.20. The maximum atomic E-state index is 12.7. The molecular weight excluding hydrogens is 404 g/mol. The van der Waals surface area contributed by atoms with Crippen molar-refractivity contribution >= 4 is 34.2 Å². The van der Waals surface area contributed by atoms with Crippen molar-refractivity contribution in [3.63, 3.8) is 0 Å². The molecule has 1 fully saturated rings. The fraction of sp³-hybridized carbons (Fsp3) is 0.250. The number of nitrogens with zero attached hydrogens (tertiary/aromatic N) is 4. The summed E-state index contributed by atoms with van der Waals surface area (Å²) in [6.07, 6.45) is 4.53. The minimum Gasteiger partial charge on any atom is -0.356 e. The van der Waals surface area contributed by atoms with Gasteiger partial charge in [-0.15, -0.1) is 0 Å². The van der Waals surface area contributed by atoms with Crippen molar-refractivity contribution in [1.29, 1.82) is 0 Å². The van der Waals surface area contributed by atoms with Crippen LogP contribution in [0.25, 0.3) is 10.9 Å². The smallest absolute Gasteiger partial charge is 0.341 e. The second-order valence-corrected chi connectivity index (χ2v) is 7.08. The topological polar surface area (TPSA) is 146 Å². The Balaban J connectivity index is 1.58. The molecule has 1 aliphatic heterocycles. The van der Waals surface area contributed by atoms with Crippen LogP contribution in [-0.4, -0.2) is 38.3 Å². The Morgan fingerprint density at radius 1 is 1.26 bits per heavy atom. The Kier molecular flexibility index (Phi) is 5.50. The number of amides is 3. The van der Waals surface area contributed by atoms with Gasteiger partial charge in [-0.05, 0) is 43.5 Å². The molecule has 0 spiro atoms. The minimum absolute atomic E-state index is 0.0520. The van der Waals surface area contributed by atoms with E-state index in [-0.39, 0.29) is 17.5 Å². The van der Waals surface area contributed by atoms with Gasteiger partial charge in [0.15, 0.2) is 6.23 Å². The molecule has 4 rings (SSSR count). The van der Waals surface area contributed by atoms with E-state index >= 15 is 0 Å². The van der Waals surface area contributed by atoms with E-state index in [0.29, 0.717) is 17.3 Å². The number of hydrogen-bond acceptors (Lipinski definition) is 7. The van der Waals surface area contributed by atoms with E-state index < -0.39 is 16.9 Å². The van der Waals surface area contributed by atoms with Gasteiger partial charge < -0.3 is 10.5 Å². The number of aromatic nitrogens is 2. The van der Waals surface area contributed by atoms with Crippen molar-refractivity contribution in [2.45, 2.75) is 25.5 Å². The third kappa shape index (κ3) is 4.16. The zero-order valence-corrected chi connectivity index (χ0v) is 16.4. The normalized spacial score (nSPS) is 16.1. The Bertz CT molecular complexity index is 1150. The number of hydrazine groups is 1. The lowest BCUT2D eigenvalue weighted by Gasteiger charge is -2.23. The zero-order valence-electron chi connectivity index (χ0n) is 16.4. The van der Waals surface area contributed by atoms with Crippen LogP contribution >= 0.6 is 0 Å². The number of anilines is 1. The van der Waals surface area contributed by atoms with E-state index in [4.69, 9.17) is 10.5 Å². The number of rotatable bonds is 5. The highest BCUT2D eigenvalue weighted by Crippen LogP contribution is 2.27. The van der Waals surface area contributed by atoms with Gasteiger partial charge in [0.05, 0.1) is 22.3 Å². The summed E-state index contributed by atoms with van der Waals surface area (Å²) < 4.78 is 7.60. The SMILES string of the molecule is NC(=O)N(Nc1ccc2c(cnn2C2CCCCO2)c1)C(=O)c1cccc([N+](=O)[O-])c1. The van der Waals surface area contributed by atoms with Gasteiger partial charge in [-0.1, -0.05) is 6.07 Å². The van der Waals surface area contributed by atoms with Crippen LogP contribution in [0.15, 0.2) is 48.7 Å². The van der Waals surface area contributed by atoms with E-state index in [1.807, 2.05) is 4.68 Å². The summed E-state index contributed by atoms with van der Waals surface area (Å²) in [6, 6.07) is 9.21. The lowest BCUT2D eigenvalue weighted by atomic mass is 10.2. The highest BCUT2D eigenvalue weighted by Gasteiger charge is 2.23. The molecule has 1 atom stereocenters. The molecule has 2 aromatic carbocycles. The molecule has 160 valence electrons. The number of benzene rings is 2. The number of primary amides is 1. The number of ether oxygens (including phenoxy) is 1. The average molecular weight is 424 g/mol. The molecule has 3 aromatic rings. The summed E-state index contributed by atoms with van der Waals surface area (Å²) in [5.41, 5.74) is 9.01. The van der Waals surface area contributed by atoms with E-state index in [0.717, 1.165) is 36.2 Å². The lowest BCUT2D eigenvalue weighted by Crippen LogP contribution is -2.44. The first-order valence-electron chi connectivity index (χ1n) is 9.68. The number of nitro benzene ring substituents is 1. The van der Waals surface area contributed by atoms with Crippen LogP contribution < -0.4 is 11.2 Å². The molecule has 0 bridgehead atoms. The van der Waals surface area contributed by atoms with Crippen molar-refractivity contribution in [2.24, 2.45) is 5.73 Å². The predicted molar refractivity (Wildman–Crippen MR) is 111 cm³/mol. The van der Waals surface area contributed by atoms with Crippen LogP contribution in [-0.2, 0) is 4.74 Å². The van der Waals surface area contributed by atoms with Gasteiger partial charge in [-0.25, -0.2) is 9.48 Å². The molecule has 3 amide bonds. The van der Waals surface area contributed by atoms with Gasteiger partial charge >= 0.3 is 6.03 Å². The summed E-state index contributed by atoms with van der Waals surface area (Å²) in [7, 11) is 0. The number of nitrogens with one attached hydrogen (secondary N) is 1. The molecule has 1 saturated heterocycles. The maximum absolute atomic E-state index is 12.7. The van der Waals surface area contributed by atoms with Crippen LogP contribution in [0.5, 0.6) is 0 Å². The van der Waals surface area contributed by atoms with Crippen molar-refractivity contribution in [3.8, 4) is 0 Å². The number of carbonyl (C=O) groups excluding carboxylic acids is 2. The summed E-state index contributed by atoms with van der Waals surface area (Å²) in [5.74, 6) is -0.817. The molecule has 0 aliphatic carbocycles. The number of carbonyl (C=O) groups is 2. The van der Waals surface area contributed by atoms with Crippen LogP contribution in [0, 0.1) is 10.1 Å². The lowest BCUT2D eigenvalue weighted by molar-refractivity contribution is -0.384. The van der Waals surface area contributed by atoms with Gasteiger partial charge in [0, 0.05) is 29.7 Å². The monoisotopic (exact) mass is 424 g/mol. The van der Waals surface area contributed by atoms with Crippen LogP contribution in [0.1, 0.15) is 35.8 Å². The van der Waals surface area contributed by atoms with Gasteiger partial charge in [0.2, 0.25) is 0 Å². The van der Waals surface area contributed by atoms with E-state index in [1.165, 1.54) is 18.2 Å². The minimum atomic E-state index is -1.05. The van der Waals surface area contributed by atoms with Gasteiger partial charge in [0.1, 0.15) is 0 Å². The molecule has 31 heavy (non-hydrogen) atoms. The van der Waals surface area contributed by atoms with E-state index in [1.54, 1.807) is 24.4 Å². The molecule has 0 saturated carbocycles. The number of hydrogen-bond donors (Lipinski definition) is 2. The molecule has 11 nitrogen and oxygen atoms in total. The van der Waals surface area contributed by atoms with Crippen LogP contribution in [0.4, 0.5) is 16.2 Å². The second-order valence-electron chi connectivity index (χ2n) is 7.08. The first-order chi connectivity index (χ1) is 14.9. The molecule has 11 heteroatoms. The largest absolute Gasteiger partial charge is 0.356 e. The quantitative estimate of drug-likeness (QED) is 0.472. The first-order valence-corrected chi connectivity index (χ1v) is 9.68. The van der Waals surface area contributed by atoms with Gasteiger partial charge in [-0.3, -0.25) is 20.3 Å². The molecule has 0 radical (unpaired) electrons. The second kappa shape index (κ2) is 8.40. The van der Waals surface area contributed by atoms with E-state index in [2.05, 4.69) is 10.5 Å². The zero-order chi connectivity index (χ0) is 22.0. The van der Waals surface area contributed by atoms with Crippen molar-refractivity contribution in [2.75, 3.05) is 12.0 Å². The van der Waals surface area contributed by atoms with Crippen LogP contribution in [0.3, 0.4) is 0 Å². The molecule has 1 aromatic heterocycles. The maximum Gasteiger partial charge on any atom is 0.341 e. The highest BCUT2D eigenvalue weighted by atomic mass is 16.6. The van der Waals surface area contributed by atoms with Gasteiger partial charge in [-0.2, -0.15) is 10.1 Å². The molecule has 2 heterocycles. The summed E-state index contributed by atoms with van der Waals surface area (Å²) in [4.78, 5) is 35.0. The van der Waals surface area contributed by atoms with E-state index in [9.17, 15) is 19.7 Å². The molecule has 1 unspecified atom stereocenters. The van der Waals surface area contributed by atoms with Crippen molar-refractivity contribution in [1.82, 2.24) is 14.8 Å². The number of imide groups is 1. The standard InChI is InChI=1S/C20H20N6O5/c21-20(28)25(19(27)13-4-3-5-16(11-13)26(29)30)23-15-7-8-17-14(10-15)12-22-24(17)18-6-1-2-9-31-18/h3-5,7-8,10-12,18,23H,1-2,6,9H2,(H2,21,28). The third-order valence-electron chi connectivity index (χ3n) is 4.99. The number of urea groups is 1. The fourth-order valence-electron chi connectivity index (χ4n) is 3.49. The summed E-state index contributed by atoms with van der Waals surface area (Å²) in [5, 5.41) is 16.8. The Hall–Kier alpha value is -3.99. The molecular formula is C20H20N6O5. The number of nitrogens with two attached hydrogens (primary N) is 1. The number of non-ortho nitro benzene ring substituents is 1. The Morgan fingerprint density at radius 3 is 2.81 bits per heavy atom. The third-order valence-corrected chi connectivity index (χ3v) is 4.99. The molecule has 3 N–H and O–H groups in total. The first kappa shape index (κ1) is 20.3. The van der Waals surface area contributed by atoms with Crippen LogP contribution in [0.2, 0.25) is 0 Å². The highest BCUT2D eigenvalue weighted by molar-refractivity contribution is 6.05.